The number of hydrogen-bond acceptors (Lipinski definition) is 4. The molecule has 1 aliphatic heterocycles. The minimum absolute atomic E-state index is 0.0221. The van der Waals surface area contributed by atoms with Crippen LogP contribution in [0.5, 0.6) is 0 Å². The van der Waals surface area contributed by atoms with Gasteiger partial charge in [0.25, 0.3) is 0 Å². The Morgan fingerprint density at radius 2 is 1.74 bits per heavy atom. The number of halogens is 2. The van der Waals surface area contributed by atoms with E-state index in [-0.39, 0.29) is 29.4 Å². The number of carbonyl (C=O) groups excluding carboxylic acids is 1. The van der Waals surface area contributed by atoms with Gasteiger partial charge in [-0.15, -0.1) is 0 Å². The van der Waals surface area contributed by atoms with Crippen LogP contribution in [-0.2, 0) is 11.2 Å². The third-order valence-electron chi connectivity index (χ3n) is 5.69. The smallest absolute Gasteiger partial charge is 0.222 e. The highest BCUT2D eigenvalue weighted by Crippen LogP contribution is 2.33. The number of hydrogen-bond donors (Lipinski definition) is 1. The molecule has 1 fully saturated rings. The van der Waals surface area contributed by atoms with Crippen LogP contribution in [0, 0.1) is 11.6 Å². The number of amides is 1. The van der Waals surface area contributed by atoms with Crippen LogP contribution >= 0.6 is 0 Å². The summed E-state index contributed by atoms with van der Waals surface area (Å²) in [5.41, 5.74) is 9.21. The van der Waals surface area contributed by atoms with Gasteiger partial charge in [-0.2, -0.15) is 0 Å². The summed E-state index contributed by atoms with van der Waals surface area (Å²) in [5.74, 6) is -0.318. The molecule has 0 unspecified atom stereocenters. The Kier molecular flexibility index (Phi) is 6.21. The molecule has 31 heavy (non-hydrogen) atoms. The predicted molar refractivity (Wildman–Crippen MR) is 115 cm³/mol. The van der Waals surface area contributed by atoms with E-state index in [4.69, 9.17) is 5.73 Å². The largest absolute Gasteiger partial charge is 0.368 e. The molecule has 1 atom stereocenters. The van der Waals surface area contributed by atoms with Crippen molar-refractivity contribution in [3.05, 3.63) is 77.6 Å². The molecule has 0 radical (unpaired) electrons. The SMILES string of the molecule is Nc1ncc(-c2ccc(F)cc2)c([C@@H]2CCCN(C(=O)CCc3ccc(F)cc3)C2)n1. The quantitative estimate of drug-likeness (QED) is 0.664. The van der Waals surface area contributed by atoms with Crippen molar-refractivity contribution in [3.63, 3.8) is 0 Å². The molecular weight excluding hydrogens is 398 g/mol. The molecule has 1 saturated heterocycles. The van der Waals surface area contributed by atoms with Gasteiger partial charge < -0.3 is 10.6 Å². The average Bonchev–Trinajstić information content (AvgIpc) is 2.79. The number of rotatable bonds is 5. The summed E-state index contributed by atoms with van der Waals surface area (Å²) in [5, 5.41) is 0. The minimum Gasteiger partial charge on any atom is -0.368 e. The molecule has 2 aromatic carbocycles. The van der Waals surface area contributed by atoms with Gasteiger partial charge >= 0.3 is 0 Å². The van der Waals surface area contributed by atoms with Gasteiger partial charge in [0.1, 0.15) is 11.6 Å². The summed E-state index contributed by atoms with van der Waals surface area (Å²) in [6.07, 6.45) is 4.35. The number of nitrogen functional groups attached to an aromatic ring is 1. The number of aryl methyl sites for hydroxylation is 1. The van der Waals surface area contributed by atoms with E-state index in [1.807, 2.05) is 4.90 Å². The topological polar surface area (TPSA) is 72.1 Å². The molecule has 1 amide bonds. The number of likely N-dealkylation sites (tertiary alicyclic amines) is 1. The fourth-order valence-corrected chi connectivity index (χ4v) is 4.06. The molecule has 4 rings (SSSR count). The van der Waals surface area contributed by atoms with Gasteiger partial charge in [-0.25, -0.2) is 18.7 Å². The van der Waals surface area contributed by atoms with Gasteiger partial charge in [-0.05, 0) is 54.7 Å². The molecule has 0 bridgehead atoms. The monoisotopic (exact) mass is 422 g/mol. The van der Waals surface area contributed by atoms with Crippen LogP contribution in [0.3, 0.4) is 0 Å². The Morgan fingerprint density at radius 3 is 2.45 bits per heavy atom. The lowest BCUT2D eigenvalue weighted by molar-refractivity contribution is -0.132. The molecule has 5 nitrogen and oxygen atoms in total. The lowest BCUT2D eigenvalue weighted by Crippen LogP contribution is -2.39. The predicted octanol–water partition coefficient (Wildman–Crippen LogP) is 4.34. The summed E-state index contributed by atoms with van der Waals surface area (Å²) in [7, 11) is 0. The van der Waals surface area contributed by atoms with Crippen molar-refractivity contribution in [2.75, 3.05) is 18.8 Å². The Balaban J connectivity index is 1.49. The number of benzene rings is 2. The fraction of sp³-hybridized carbons (Fsp3) is 0.292. The Bertz CT molecular complexity index is 1050. The first-order valence-corrected chi connectivity index (χ1v) is 10.4. The molecule has 0 spiro atoms. The average molecular weight is 422 g/mol. The van der Waals surface area contributed by atoms with Crippen LogP contribution in [0.1, 0.15) is 36.4 Å². The van der Waals surface area contributed by atoms with E-state index in [2.05, 4.69) is 9.97 Å². The maximum Gasteiger partial charge on any atom is 0.222 e. The Hall–Kier alpha value is -3.35. The third kappa shape index (κ3) is 5.05. The third-order valence-corrected chi connectivity index (χ3v) is 5.69. The first-order valence-electron chi connectivity index (χ1n) is 10.4. The van der Waals surface area contributed by atoms with E-state index < -0.39 is 0 Å². The van der Waals surface area contributed by atoms with E-state index >= 15 is 0 Å². The minimum atomic E-state index is -0.308. The van der Waals surface area contributed by atoms with Crippen LogP contribution in [-0.4, -0.2) is 33.9 Å². The molecule has 2 heterocycles. The Labute approximate surface area is 179 Å². The highest BCUT2D eigenvalue weighted by molar-refractivity contribution is 5.77. The van der Waals surface area contributed by atoms with Crippen molar-refractivity contribution >= 4 is 11.9 Å². The highest BCUT2D eigenvalue weighted by atomic mass is 19.1. The maximum atomic E-state index is 13.4. The zero-order valence-corrected chi connectivity index (χ0v) is 17.1. The van der Waals surface area contributed by atoms with Gasteiger partial charge in [0, 0.05) is 37.2 Å². The van der Waals surface area contributed by atoms with Crippen molar-refractivity contribution < 1.29 is 13.6 Å². The van der Waals surface area contributed by atoms with Crippen LogP contribution in [0.4, 0.5) is 14.7 Å². The molecule has 160 valence electrons. The van der Waals surface area contributed by atoms with Crippen molar-refractivity contribution in [2.24, 2.45) is 0 Å². The number of anilines is 1. The van der Waals surface area contributed by atoms with E-state index in [9.17, 15) is 13.6 Å². The first kappa shape index (κ1) is 20.9. The highest BCUT2D eigenvalue weighted by Gasteiger charge is 2.28. The number of carbonyl (C=O) groups is 1. The molecule has 7 heteroatoms. The summed E-state index contributed by atoms with van der Waals surface area (Å²) in [4.78, 5) is 23.3. The molecule has 2 N–H and O–H groups in total. The number of aromatic nitrogens is 2. The first-order chi connectivity index (χ1) is 15.0. The van der Waals surface area contributed by atoms with Gasteiger partial charge in [0.2, 0.25) is 11.9 Å². The second-order valence-corrected chi connectivity index (χ2v) is 7.84. The van der Waals surface area contributed by atoms with Crippen LogP contribution in [0.25, 0.3) is 11.1 Å². The zero-order valence-electron chi connectivity index (χ0n) is 17.1. The van der Waals surface area contributed by atoms with Crippen molar-refractivity contribution in [1.82, 2.24) is 14.9 Å². The lowest BCUT2D eigenvalue weighted by Gasteiger charge is -2.33. The standard InChI is InChI=1S/C24H24F2N4O/c25-19-8-3-16(4-9-19)5-12-22(31)30-13-1-2-18(15-30)23-21(14-28-24(27)29-23)17-6-10-20(26)11-7-17/h3-4,6-11,14,18H,1-2,5,12-13,15H2,(H2,27,28,29)/t18-/m1/s1. The molecular formula is C24H24F2N4O. The van der Waals surface area contributed by atoms with Crippen molar-refractivity contribution in [1.29, 1.82) is 0 Å². The summed E-state index contributed by atoms with van der Waals surface area (Å²) < 4.78 is 26.4. The fourth-order valence-electron chi connectivity index (χ4n) is 4.06. The number of nitrogens with two attached hydrogens (primary N) is 1. The van der Waals surface area contributed by atoms with E-state index in [1.54, 1.807) is 30.5 Å². The molecule has 1 aromatic heterocycles. The van der Waals surface area contributed by atoms with Crippen molar-refractivity contribution in [2.45, 2.75) is 31.6 Å². The zero-order chi connectivity index (χ0) is 21.8. The lowest BCUT2D eigenvalue weighted by atomic mass is 9.89. The van der Waals surface area contributed by atoms with E-state index in [0.29, 0.717) is 25.9 Å². The molecule has 1 aliphatic rings. The van der Waals surface area contributed by atoms with E-state index in [0.717, 1.165) is 35.2 Å². The van der Waals surface area contributed by atoms with E-state index in [1.165, 1.54) is 24.3 Å². The van der Waals surface area contributed by atoms with Crippen molar-refractivity contribution in [3.8, 4) is 11.1 Å². The van der Waals surface area contributed by atoms with Crippen LogP contribution in [0.15, 0.2) is 54.7 Å². The number of piperidine rings is 1. The molecule has 0 aliphatic carbocycles. The number of nitrogens with zero attached hydrogens (tertiary/aromatic N) is 3. The second kappa shape index (κ2) is 9.20. The van der Waals surface area contributed by atoms with Crippen LogP contribution in [0.2, 0.25) is 0 Å². The van der Waals surface area contributed by atoms with Gasteiger partial charge in [0.05, 0.1) is 5.69 Å². The van der Waals surface area contributed by atoms with Crippen LogP contribution < -0.4 is 5.73 Å². The normalized spacial score (nSPS) is 16.3. The maximum absolute atomic E-state index is 13.4. The second-order valence-electron chi connectivity index (χ2n) is 7.84. The van der Waals surface area contributed by atoms with Gasteiger partial charge in [-0.1, -0.05) is 24.3 Å². The molecule has 3 aromatic rings. The van der Waals surface area contributed by atoms with Gasteiger partial charge in [0.15, 0.2) is 0 Å². The van der Waals surface area contributed by atoms with Gasteiger partial charge in [-0.3, -0.25) is 4.79 Å². The summed E-state index contributed by atoms with van der Waals surface area (Å²) in [6.45, 7) is 1.25. The summed E-state index contributed by atoms with van der Waals surface area (Å²) in [6, 6.07) is 12.4. The molecule has 0 saturated carbocycles. The summed E-state index contributed by atoms with van der Waals surface area (Å²) >= 11 is 0. The Morgan fingerprint density at radius 1 is 1.06 bits per heavy atom.